The molecule has 0 saturated carbocycles. The number of carboxylic acid groups (broad SMARTS) is 1. The topological polar surface area (TPSA) is 75.6 Å². The highest BCUT2D eigenvalue weighted by atomic mass is 16.5. The summed E-state index contributed by atoms with van der Waals surface area (Å²) in [4.78, 5) is 22.6. The lowest BCUT2D eigenvalue weighted by Gasteiger charge is -2.09. The van der Waals surface area contributed by atoms with Gasteiger partial charge >= 0.3 is 5.97 Å². The van der Waals surface area contributed by atoms with Gasteiger partial charge in [0.05, 0.1) is 12.5 Å². The van der Waals surface area contributed by atoms with Crippen LogP contribution in [0.15, 0.2) is 54.6 Å². The number of aliphatic carboxylic acids is 1. The van der Waals surface area contributed by atoms with Gasteiger partial charge in [0.2, 0.25) is 5.91 Å². The molecule has 2 N–H and O–H groups in total. The molecule has 0 aliphatic carbocycles. The van der Waals surface area contributed by atoms with Crippen LogP contribution in [0, 0.1) is 0 Å². The smallest absolute Gasteiger partial charge is 0.307 e. The van der Waals surface area contributed by atoms with Crippen LogP contribution in [0.3, 0.4) is 0 Å². The number of carbonyl (C=O) groups is 2. The SMILES string of the molecule is CC(C)Oc1cccc(/C=C/C(=O)Nc2ccc(CC(=O)O)cc2)c1. The first-order valence-electron chi connectivity index (χ1n) is 7.99. The second-order valence-corrected chi connectivity index (χ2v) is 5.83. The van der Waals surface area contributed by atoms with Gasteiger partial charge in [0.25, 0.3) is 0 Å². The van der Waals surface area contributed by atoms with Crippen LogP contribution in [-0.4, -0.2) is 23.1 Å². The van der Waals surface area contributed by atoms with Crippen LogP contribution < -0.4 is 10.1 Å². The number of ether oxygens (including phenoxy) is 1. The molecule has 1 amide bonds. The zero-order chi connectivity index (χ0) is 18.2. The molecule has 0 aliphatic heterocycles. The van der Waals surface area contributed by atoms with Crippen molar-refractivity contribution in [2.45, 2.75) is 26.4 Å². The fraction of sp³-hybridized carbons (Fsp3) is 0.200. The van der Waals surface area contributed by atoms with Gasteiger partial charge in [-0.1, -0.05) is 24.3 Å². The first kappa shape index (κ1) is 18.3. The predicted molar refractivity (Wildman–Crippen MR) is 97.7 cm³/mol. The summed E-state index contributed by atoms with van der Waals surface area (Å²) in [6, 6.07) is 14.2. The molecule has 0 aliphatic rings. The molecule has 0 radical (unpaired) electrons. The Balaban J connectivity index is 1.95. The zero-order valence-corrected chi connectivity index (χ0v) is 14.2. The largest absolute Gasteiger partial charge is 0.491 e. The van der Waals surface area contributed by atoms with Crippen molar-refractivity contribution in [3.8, 4) is 5.75 Å². The molecule has 2 aromatic rings. The number of nitrogens with one attached hydrogen (secondary N) is 1. The van der Waals surface area contributed by atoms with Gasteiger partial charge in [-0.05, 0) is 55.3 Å². The normalized spacial score (nSPS) is 10.8. The predicted octanol–water partition coefficient (Wildman–Crippen LogP) is 3.75. The summed E-state index contributed by atoms with van der Waals surface area (Å²) < 4.78 is 5.62. The van der Waals surface area contributed by atoms with Gasteiger partial charge in [-0.25, -0.2) is 0 Å². The van der Waals surface area contributed by atoms with E-state index in [1.54, 1.807) is 30.3 Å². The van der Waals surface area contributed by atoms with E-state index in [0.717, 1.165) is 11.3 Å². The number of hydrogen-bond acceptors (Lipinski definition) is 3. The van der Waals surface area contributed by atoms with Crippen LogP contribution in [-0.2, 0) is 16.0 Å². The molecule has 130 valence electrons. The van der Waals surface area contributed by atoms with Crippen LogP contribution in [0.25, 0.3) is 6.08 Å². The van der Waals surface area contributed by atoms with Crippen molar-refractivity contribution >= 4 is 23.6 Å². The quantitative estimate of drug-likeness (QED) is 0.753. The molecule has 25 heavy (non-hydrogen) atoms. The van der Waals surface area contributed by atoms with E-state index < -0.39 is 5.97 Å². The Morgan fingerprint density at radius 2 is 1.88 bits per heavy atom. The van der Waals surface area contributed by atoms with E-state index in [1.165, 1.54) is 6.08 Å². The first-order chi connectivity index (χ1) is 11.9. The number of benzene rings is 2. The van der Waals surface area contributed by atoms with Crippen LogP contribution in [0.2, 0.25) is 0 Å². The van der Waals surface area contributed by atoms with Crippen molar-refractivity contribution in [2.24, 2.45) is 0 Å². The van der Waals surface area contributed by atoms with E-state index in [1.807, 2.05) is 38.1 Å². The average Bonchev–Trinajstić information content (AvgIpc) is 2.54. The van der Waals surface area contributed by atoms with E-state index in [0.29, 0.717) is 11.3 Å². The number of carboxylic acids is 1. The van der Waals surface area contributed by atoms with Crippen molar-refractivity contribution in [1.29, 1.82) is 0 Å². The molecule has 5 nitrogen and oxygen atoms in total. The summed E-state index contributed by atoms with van der Waals surface area (Å²) in [5.74, 6) is -0.392. The van der Waals surface area contributed by atoms with E-state index in [4.69, 9.17) is 9.84 Å². The Bertz CT molecular complexity index is 764. The molecule has 0 atom stereocenters. The van der Waals surface area contributed by atoms with Gasteiger partial charge in [-0.2, -0.15) is 0 Å². The lowest BCUT2D eigenvalue weighted by atomic mass is 10.1. The van der Waals surface area contributed by atoms with Crippen LogP contribution in [0.5, 0.6) is 5.75 Å². The first-order valence-corrected chi connectivity index (χ1v) is 7.99. The van der Waals surface area contributed by atoms with E-state index >= 15 is 0 Å². The minimum atomic E-state index is -0.886. The summed E-state index contributed by atoms with van der Waals surface area (Å²) in [6.45, 7) is 3.91. The summed E-state index contributed by atoms with van der Waals surface area (Å²) in [6.07, 6.45) is 3.20. The van der Waals surface area contributed by atoms with Crippen molar-refractivity contribution in [3.63, 3.8) is 0 Å². The standard InChI is InChI=1S/C20H21NO4/c1-14(2)25-18-5-3-4-15(12-18)8-11-19(22)21-17-9-6-16(7-10-17)13-20(23)24/h3-12,14H,13H2,1-2H3,(H,21,22)(H,23,24)/b11-8+. The lowest BCUT2D eigenvalue weighted by Crippen LogP contribution is -2.08. The maximum atomic E-state index is 12.0. The molecule has 0 unspecified atom stereocenters. The summed E-state index contributed by atoms with van der Waals surface area (Å²) >= 11 is 0. The number of anilines is 1. The molecule has 2 rings (SSSR count). The van der Waals surface area contributed by atoms with Crippen LogP contribution >= 0.6 is 0 Å². The minimum Gasteiger partial charge on any atom is -0.491 e. The Hall–Kier alpha value is -3.08. The molecule has 0 fully saturated rings. The highest BCUT2D eigenvalue weighted by Crippen LogP contribution is 2.16. The second-order valence-electron chi connectivity index (χ2n) is 5.83. The third-order valence-corrected chi connectivity index (χ3v) is 3.23. The van der Waals surface area contributed by atoms with Gasteiger partial charge in [-0.3, -0.25) is 9.59 Å². The molecule has 0 heterocycles. The van der Waals surface area contributed by atoms with Gasteiger partial charge in [0.15, 0.2) is 0 Å². The van der Waals surface area contributed by atoms with Crippen molar-refractivity contribution in [1.82, 2.24) is 0 Å². The third-order valence-electron chi connectivity index (χ3n) is 3.23. The van der Waals surface area contributed by atoms with Gasteiger partial charge in [-0.15, -0.1) is 0 Å². The summed E-state index contributed by atoms with van der Waals surface area (Å²) in [7, 11) is 0. The maximum Gasteiger partial charge on any atom is 0.307 e. The zero-order valence-electron chi connectivity index (χ0n) is 14.2. The van der Waals surface area contributed by atoms with E-state index in [2.05, 4.69) is 5.32 Å². The van der Waals surface area contributed by atoms with Gasteiger partial charge in [0.1, 0.15) is 5.75 Å². The number of amides is 1. The van der Waals surface area contributed by atoms with E-state index in [-0.39, 0.29) is 18.4 Å². The number of rotatable bonds is 7. The van der Waals surface area contributed by atoms with Crippen LogP contribution in [0.1, 0.15) is 25.0 Å². The van der Waals surface area contributed by atoms with Crippen LogP contribution in [0.4, 0.5) is 5.69 Å². The Morgan fingerprint density at radius 3 is 2.52 bits per heavy atom. The fourth-order valence-electron chi connectivity index (χ4n) is 2.20. The highest BCUT2D eigenvalue weighted by Gasteiger charge is 2.02. The van der Waals surface area contributed by atoms with E-state index in [9.17, 15) is 9.59 Å². The molecule has 0 bridgehead atoms. The molecule has 0 spiro atoms. The molecular weight excluding hydrogens is 318 g/mol. The minimum absolute atomic E-state index is 0.0388. The third kappa shape index (κ3) is 6.51. The lowest BCUT2D eigenvalue weighted by molar-refractivity contribution is -0.136. The highest BCUT2D eigenvalue weighted by molar-refractivity contribution is 6.01. The van der Waals surface area contributed by atoms with Gasteiger partial charge in [0, 0.05) is 11.8 Å². The number of carbonyl (C=O) groups excluding carboxylic acids is 1. The molecule has 5 heteroatoms. The average molecular weight is 339 g/mol. The fourth-order valence-corrected chi connectivity index (χ4v) is 2.20. The van der Waals surface area contributed by atoms with Crippen molar-refractivity contribution < 1.29 is 19.4 Å². The Kier molecular flexibility index (Phi) is 6.34. The molecule has 0 saturated heterocycles. The van der Waals surface area contributed by atoms with Gasteiger partial charge < -0.3 is 15.2 Å². The number of hydrogen-bond donors (Lipinski definition) is 2. The van der Waals surface area contributed by atoms with Crippen molar-refractivity contribution in [3.05, 3.63) is 65.7 Å². The molecule has 2 aromatic carbocycles. The molecular formula is C20H21NO4. The van der Waals surface area contributed by atoms with Crippen molar-refractivity contribution in [2.75, 3.05) is 5.32 Å². The maximum absolute atomic E-state index is 12.0. The Labute approximate surface area is 146 Å². The Morgan fingerprint density at radius 1 is 1.16 bits per heavy atom. The monoisotopic (exact) mass is 339 g/mol. The second kappa shape index (κ2) is 8.68. The molecule has 0 aromatic heterocycles. The summed E-state index contributed by atoms with van der Waals surface area (Å²) in [5, 5.41) is 11.5. The summed E-state index contributed by atoms with van der Waals surface area (Å²) in [5.41, 5.74) is 2.16.